The number of imidazole rings is 1. The lowest BCUT2D eigenvalue weighted by atomic mass is 9.90. The van der Waals surface area contributed by atoms with E-state index in [0.29, 0.717) is 35.2 Å². The highest BCUT2D eigenvalue weighted by Gasteiger charge is 2.31. The van der Waals surface area contributed by atoms with Crippen molar-refractivity contribution in [3.63, 3.8) is 0 Å². The third-order valence-electron chi connectivity index (χ3n) is 7.23. The van der Waals surface area contributed by atoms with E-state index in [1.807, 2.05) is 0 Å². The first kappa shape index (κ1) is 28.8. The number of nitrogens with zero attached hydrogens (tertiary/aromatic N) is 4. The number of ether oxygens (including phenoxy) is 1. The van der Waals surface area contributed by atoms with E-state index < -0.39 is 11.7 Å². The van der Waals surface area contributed by atoms with Gasteiger partial charge in [0.25, 0.3) is 0 Å². The summed E-state index contributed by atoms with van der Waals surface area (Å²) in [6.07, 6.45) is -1.14. The molecule has 1 fully saturated rings. The predicted molar refractivity (Wildman–Crippen MR) is 150 cm³/mol. The largest absolute Gasteiger partial charge is 0.457 e. The fourth-order valence-electron chi connectivity index (χ4n) is 4.97. The second-order valence-electron chi connectivity index (χ2n) is 10.0. The highest BCUT2D eigenvalue weighted by molar-refractivity contribution is 6.33. The Morgan fingerprint density at radius 2 is 1.88 bits per heavy atom. The van der Waals surface area contributed by atoms with Crippen molar-refractivity contribution in [2.75, 3.05) is 31.6 Å². The highest BCUT2D eigenvalue weighted by atomic mass is 35.5. The third kappa shape index (κ3) is 6.80. The maximum Gasteiger partial charge on any atom is 0.416 e. The number of aryl methyl sites for hydroxylation is 1. The van der Waals surface area contributed by atoms with Crippen LogP contribution in [0.3, 0.4) is 0 Å². The number of aromatic nitrogens is 3. The summed E-state index contributed by atoms with van der Waals surface area (Å²) in [5.74, 6) is 1.46. The van der Waals surface area contributed by atoms with Crippen LogP contribution in [0.1, 0.15) is 24.1 Å². The van der Waals surface area contributed by atoms with Gasteiger partial charge >= 0.3 is 6.18 Å². The molecule has 0 atom stereocenters. The Morgan fingerprint density at radius 1 is 1.12 bits per heavy atom. The van der Waals surface area contributed by atoms with Crippen LogP contribution < -0.4 is 10.1 Å². The molecule has 1 aliphatic rings. The summed E-state index contributed by atoms with van der Waals surface area (Å²) in [6.45, 7) is 2.35. The van der Waals surface area contributed by atoms with Crippen molar-refractivity contribution in [2.24, 2.45) is 13.0 Å². The van der Waals surface area contributed by atoms with Gasteiger partial charge < -0.3 is 24.6 Å². The number of piperidine rings is 1. The van der Waals surface area contributed by atoms with Crippen molar-refractivity contribution in [1.29, 1.82) is 0 Å². The second-order valence-corrected chi connectivity index (χ2v) is 10.4. The van der Waals surface area contributed by atoms with Crippen LogP contribution in [0, 0.1) is 5.92 Å². The van der Waals surface area contributed by atoms with Gasteiger partial charge in [-0.1, -0.05) is 11.6 Å². The number of likely N-dealkylation sites (tertiary alicyclic amines) is 1. The SMILES string of the molecule is Cn1c(Nc2cc(C(F)(F)F)ccc2Cl)nc2cc(Oc3ccnc(CC(=O)C4CCN(CCO)CC4)c3)ccc21. The summed E-state index contributed by atoms with van der Waals surface area (Å²) in [5.41, 5.74) is 1.18. The number of halogens is 4. The number of nitrogens with one attached hydrogen (secondary N) is 1. The van der Waals surface area contributed by atoms with Gasteiger partial charge in [0.1, 0.15) is 17.3 Å². The quantitative estimate of drug-likeness (QED) is 0.248. The zero-order valence-corrected chi connectivity index (χ0v) is 23.0. The number of carbonyl (C=O) groups is 1. The molecule has 2 aromatic carbocycles. The molecular formula is C29H29ClF3N5O3. The number of anilines is 2. The molecule has 2 aromatic heterocycles. The van der Waals surface area contributed by atoms with E-state index in [9.17, 15) is 18.0 Å². The van der Waals surface area contributed by atoms with Crippen molar-refractivity contribution >= 4 is 40.1 Å². The van der Waals surface area contributed by atoms with Crippen molar-refractivity contribution in [3.8, 4) is 11.5 Å². The number of benzene rings is 2. The molecule has 0 unspecified atom stereocenters. The smallest absolute Gasteiger partial charge is 0.416 e. The lowest BCUT2D eigenvalue weighted by Gasteiger charge is -2.30. The average molecular weight is 588 g/mol. The number of Topliss-reactive ketones (excluding diaryl/α,β-unsaturated/α-hetero) is 1. The van der Waals surface area contributed by atoms with Crippen LogP contribution in [0.5, 0.6) is 11.5 Å². The van der Waals surface area contributed by atoms with Crippen LogP contribution in [0.25, 0.3) is 11.0 Å². The number of alkyl halides is 3. The van der Waals surface area contributed by atoms with E-state index in [1.54, 1.807) is 48.1 Å². The van der Waals surface area contributed by atoms with Crippen LogP contribution in [-0.2, 0) is 24.4 Å². The number of pyridine rings is 1. The molecule has 0 bridgehead atoms. The first-order valence-electron chi connectivity index (χ1n) is 13.2. The Morgan fingerprint density at radius 3 is 2.61 bits per heavy atom. The van der Waals surface area contributed by atoms with Crippen molar-refractivity contribution in [2.45, 2.75) is 25.4 Å². The second kappa shape index (κ2) is 12.1. The van der Waals surface area contributed by atoms with Crippen LogP contribution >= 0.6 is 11.6 Å². The number of aliphatic hydroxyl groups is 1. The molecule has 41 heavy (non-hydrogen) atoms. The molecule has 216 valence electrons. The molecule has 1 aliphatic heterocycles. The number of ketones is 1. The van der Waals surface area contributed by atoms with Gasteiger partial charge in [0.15, 0.2) is 0 Å². The Labute approximate surface area is 239 Å². The summed E-state index contributed by atoms with van der Waals surface area (Å²) < 4.78 is 47.3. The zero-order valence-electron chi connectivity index (χ0n) is 22.3. The minimum absolute atomic E-state index is 0.0171. The molecule has 0 radical (unpaired) electrons. The average Bonchev–Trinajstić information content (AvgIpc) is 3.24. The molecule has 0 saturated carbocycles. The van der Waals surface area contributed by atoms with E-state index in [1.165, 1.54) is 6.07 Å². The number of fused-ring (bicyclic) bond motifs is 1. The fraction of sp³-hybridized carbons (Fsp3) is 0.345. The zero-order chi connectivity index (χ0) is 29.1. The lowest BCUT2D eigenvalue weighted by molar-refractivity contribution is -0.137. The van der Waals surface area contributed by atoms with Crippen molar-refractivity contribution in [3.05, 3.63) is 71.0 Å². The molecule has 5 rings (SSSR count). The number of hydrogen-bond acceptors (Lipinski definition) is 7. The third-order valence-corrected chi connectivity index (χ3v) is 7.56. The van der Waals surface area contributed by atoms with Gasteiger partial charge in [-0.2, -0.15) is 13.2 Å². The molecule has 0 amide bonds. The highest BCUT2D eigenvalue weighted by Crippen LogP contribution is 2.35. The number of rotatable bonds is 9. The van der Waals surface area contributed by atoms with Crippen LogP contribution in [0.2, 0.25) is 5.02 Å². The van der Waals surface area contributed by atoms with E-state index >= 15 is 0 Å². The van der Waals surface area contributed by atoms with Crippen molar-refractivity contribution in [1.82, 2.24) is 19.4 Å². The van der Waals surface area contributed by atoms with Gasteiger partial charge in [-0.3, -0.25) is 9.78 Å². The van der Waals surface area contributed by atoms with Crippen LogP contribution in [0.15, 0.2) is 54.7 Å². The molecule has 0 spiro atoms. The lowest BCUT2D eigenvalue weighted by Crippen LogP contribution is -2.38. The van der Waals surface area contributed by atoms with Gasteiger partial charge in [0.2, 0.25) is 5.95 Å². The van der Waals surface area contributed by atoms with E-state index in [-0.39, 0.29) is 35.4 Å². The summed E-state index contributed by atoms with van der Waals surface area (Å²) >= 11 is 6.15. The normalized spacial score (nSPS) is 14.9. The topological polar surface area (TPSA) is 92.5 Å². The molecule has 2 N–H and O–H groups in total. The first-order valence-corrected chi connectivity index (χ1v) is 13.6. The monoisotopic (exact) mass is 587 g/mol. The van der Waals surface area contributed by atoms with Gasteiger partial charge in [-0.05, 0) is 62.3 Å². The maximum absolute atomic E-state index is 13.2. The van der Waals surface area contributed by atoms with E-state index in [0.717, 1.165) is 43.6 Å². The Balaban J connectivity index is 1.27. The van der Waals surface area contributed by atoms with E-state index in [2.05, 4.69) is 20.2 Å². The van der Waals surface area contributed by atoms with Crippen LogP contribution in [0.4, 0.5) is 24.8 Å². The van der Waals surface area contributed by atoms with Gasteiger partial charge in [-0.15, -0.1) is 0 Å². The van der Waals surface area contributed by atoms with Crippen molar-refractivity contribution < 1.29 is 27.8 Å². The summed E-state index contributed by atoms with van der Waals surface area (Å²) in [5, 5.41) is 12.1. The summed E-state index contributed by atoms with van der Waals surface area (Å²) in [7, 11) is 1.74. The fourth-order valence-corrected chi connectivity index (χ4v) is 5.13. The molecule has 8 nitrogen and oxygen atoms in total. The predicted octanol–water partition coefficient (Wildman–Crippen LogP) is 5.99. The number of hydrogen-bond donors (Lipinski definition) is 2. The molecular weight excluding hydrogens is 559 g/mol. The molecule has 1 saturated heterocycles. The van der Waals surface area contributed by atoms with Gasteiger partial charge in [0, 0.05) is 44.3 Å². The minimum Gasteiger partial charge on any atom is -0.457 e. The maximum atomic E-state index is 13.2. The number of carbonyl (C=O) groups excluding carboxylic acids is 1. The van der Waals surface area contributed by atoms with Gasteiger partial charge in [0.05, 0.1) is 39.6 Å². The summed E-state index contributed by atoms with van der Waals surface area (Å²) in [4.78, 5) is 23.9. The minimum atomic E-state index is -4.50. The van der Waals surface area contributed by atoms with E-state index in [4.69, 9.17) is 21.4 Å². The van der Waals surface area contributed by atoms with Crippen LogP contribution in [-0.4, -0.2) is 56.6 Å². The first-order chi connectivity index (χ1) is 19.6. The Kier molecular flexibility index (Phi) is 8.48. The Hall–Kier alpha value is -3.67. The molecule has 3 heterocycles. The van der Waals surface area contributed by atoms with Gasteiger partial charge in [-0.25, -0.2) is 4.98 Å². The Bertz CT molecular complexity index is 1550. The molecule has 12 heteroatoms. The number of β-amino-alcohol motifs (C(OH)–C–C–N with tert-alkyl or cyclic N) is 1. The summed E-state index contributed by atoms with van der Waals surface area (Å²) in [6, 6.07) is 11.8. The standard InChI is InChI=1S/C29H29ClF3N5O3/c1-37-26-5-3-21(17-25(26)36-28(37)35-24-14-19(29(31,32)33)2-4-23(24)30)41-22-6-9-34-20(15-22)16-27(40)18-7-10-38(11-8-18)12-13-39/h2-6,9,14-15,17-18,39H,7-8,10-13,16H2,1H3,(H,35,36). The molecule has 4 aromatic rings. The molecule has 0 aliphatic carbocycles. The number of aliphatic hydroxyl groups excluding tert-OH is 1.